The Balaban J connectivity index is 0.000000145. The van der Waals surface area contributed by atoms with Gasteiger partial charge in [0.05, 0.1) is 9.85 Å². The second-order valence-electron chi connectivity index (χ2n) is 11.1. The SMILES string of the molecule is CN1CCc2cc(N)cc(Br)c2C1.CN1CCc2cc([N+](=O)[O-])cc(Br)c2C1.CN1CCc2cc([N+](=O)[O-])ccc2C1. The Kier molecular flexibility index (Phi) is 10.7. The maximum Gasteiger partial charge on any atom is 0.270 e. The number of non-ortho nitro benzene ring substituents is 2. The van der Waals surface area contributed by atoms with Crippen molar-refractivity contribution in [2.24, 2.45) is 0 Å². The van der Waals surface area contributed by atoms with E-state index >= 15 is 0 Å². The normalized spacial score (nSPS) is 16.5. The minimum atomic E-state index is -0.344. The molecule has 0 atom stereocenters. The lowest BCUT2D eigenvalue weighted by Gasteiger charge is -2.26. The third-order valence-corrected chi connectivity index (χ3v) is 9.19. The number of halogens is 2. The molecule has 0 amide bonds. The number of rotatable bonds is 2. The second-order valence-corrected chi connectivity index (χ2v) is 12.8. The topological polar surface area (TPSA) is 122 Å². The summed E-state index contributed by atoms with van der Waals surface area (Å²) >= 11 is 6.95. The van der Waals surface area contributed by atoms with Gasteiger partial charge < -0.3 is 20.4 Å². The van der Waals surface area contributed by atoms with Crippen molar-refractivity contribution < 1.29 is 9.85 Å². The van der Waals surface area contributed by atoms with Gasteiger partial charge in [-0.3, -0.25) is 20.2 Å². The molecule has 3 heterocycles. The average Bonchev–Trinajstić information content (AvgIpc) is 2.94. The van der Waals surface area contributed by atoms with E-state index in [-0.39, 0.29) is 21.2 Å². The van der Waals surface area contributed by atoms with E-state index in [0.29, 0.717) is 0 Å². The zero-order valence-corrected chi connectivity index (χ0v) is 27.3. The second kappa shape index (κ2) is 14.0. The Morgan fingerprint density at radius 3 is 1.69 bits per heavy atom. The van der Waals surface area contributed by atoms with Crippen LogP contribution >= 0.6 is 31.9 Å². The number of anilines is 1. The first-order chi connectivity index (χ1) is 19.9. The van der Waals surface area contributed by atoms with Gasteiger partial charge in [-0.05, 0) is 85.9 Å². The van der Waals surface area contributed by atoms with Gasteiger partial charge in [-0.15, -0.1) is 0 Å². The van der Waals surface area contributed by atoms with Gasteiger partial charge in [-0.2, -0.15) is 0 Å². The Bertz CT molecular complexity index is 1480. The first kappa shape index (κ1) is 32.0. The van der Waals surface area contributed by atoms with Gasteiger partial charge in [0.25, 0.3) is 11.4 Å². The molecule has 42 heavy (non-hydrogen) atoms. The summed E-state index contributed by atoms with van der Waals surface area (Å²) in [6.45, 7) is 5.84. The molecule has 3 aromatic carbocycles. The smallest absolute Gasteiger partial charge is 0.270 e. The summed E-state index contributed by atoms with van der Waals surface area (Å²) in [6.07, 6.45) is 2.90. The molecule has 3 aliphatic rings. The summed E-state index contributed by atoms with van der Waals surface area (Å²) in [4.78, 5) is 27.3. The largest absolute Gasteiger partial charge is 0.399 e. The number of nitro groups is 2. The van der Waals surface area contributed by atoms with Crippen LogP contribution in [0.5, 0.6) is 0 Å². The van der Waals surface area contributed by atoms with Crippen LogP contribution in [0.25, 0.3) is 0 Å². The molecule has 12 heteroatoms. The lowest BCUT2D eigenvalue weighted by Crippen LogP contribution is -2.26. The Labute approximate surface area is 263 Å². The van der Waals surface area contributed by atoms with E-state index in [0.717, 1.165) is 84.3 Å². The maximum absolute atomic E-state index is 10.7. The molecule has 3 aromatic rings. The van der Waals surface area contributed by atoms with Crippen LogP contribution in [0, 0.1) is 20.2 Å². The van der Waals surface area contributed by atoms with Crippen molar-refractivity contribution in [1.29, 1.82) is 0 Å². The fourth-order valence-electron chi connectivity index (χ4n) is 5.41. The number of nitrogen functional groups attached to an aromatic ring is 1. The number of nitrogens with two attached hydrogens (primary N) is 1. The fraction of sp³-hybridized carbons (Fsp3) is 0.400. The lowest BCUT2D eigenvalue weighted by atomic mass is 9.99. The zero-order chi connectivity index (χ0) is 30.6. The van der Waals surface area contributed by atoms with E-state index in [1.807, 2.05) is 12.1 Å². The van der Waals surface area contributed by atoms with E-state index in [1.54, 1.807) is 24.3 Å². The highest BCUT2D eigenvalue weighted by atomic mass is 79.9. The van der Waals surface area contributed by atoms with Crippen molar-refractivity contribution in [3.63, 3.8) is 0 Å². The number of likely N-dealkylation sites (N-methyl/N-ethyl adjacent to an activating group) is 3. The summed E-state index contributed by atoms with van der Waals surface area (Å²) in [5.74, 6) is 0. The lowest BCUT2D eigenvalue weighted by molar-refractivity contribution is -0.385. The molecule has 10 nitrogen and oxygen atoms in total. The molecule has 0 spiro atoms. The molecule has 3 aliphatic heterocycles. The van der Waals surface area contributed by atoms with Crippen LogP contribution in [-0.4, -0.2) is 65.3 Å². The van der Waals surface area contributed by atoms with Crippen LogP contribution < -0.4 is 5.73 Å². The van der Waals surface area contributed by atoms with E-state index < -0.39 is 0 Å². The number of nitro benzene ring substituents is 2. The molecule has 0 unspecified atom stereocenters. The van der Waals surface area contributed by atoms with Crippen LogP contribution in [0.1, 0.15) is 33.4 Å². The van der Waals surface area contributed by atoms with Crippen molar-refractivity contribution in [3.8, 4) is 0 Å². The fourth-order valence-corrected chi connectivity index (χ4v) is 6.67. The highest BCUT2D eigenvalue weighted by Gasteiger charge is 2.20. The molecule has 2 N–H and O–H groups in total. The van der Waals surface area contributed by atoms with Crippen LogP contribution in [0.3, 0.4) is 0 Å². The number of fused-ring (bicyclic) bond motifs is 3. The number of hydrogen-bond donors (Lipinski definition) is 1. The van der Waals surface area contributed by atoms with Crippen LogP contribution in [-0.2, 0) is 38.9 Å². The molecular weight excluding hydrogens is 668 g/mol. The number of benzene rings is 3. The average molecular weight is 704 g/mol. The standard InChI is InChI=1S/C10H11BrN2O2.C10H13BrN2.C10H12N2O2/c1-12-3-2-7-4-8(13(14)15)5-10(11)9(7)6-12;1-13-3-2-7-4-8(12)5-10(11)9(7)6-13;1-11-5-4-8-6-10(12(13)14)3-2-9(8)7-11/h4-5H,2-3,6H2,1H3;4-5H,2-3,6,12H2,1H3;2-3,6H,4-5,7H2,1H3. The molecule has 0 saturated heterocycles. The maximum atomic E-state index is 10.7. The predicted octanol–water partition coefficient (Wildman–Crippen LogP) is 5.95. The molecular formula is C30H36Br2N6O4. The molecule has 0 aromatic heterocycles. The minimum absolute atomic E-state index is 0.171. The highest BCUT2D eigenvalue weighted by molar-refractivity contribution is 9.10. The Morgan fingerprint density at radius 1 is 0.643 bits per heavy atom. The molecule has 0 saturated carbocycles. The third-order valence-electron chi connectivity index (χ3n) is 7.78. The molecule has 0 fully saturated rings. The van der Waals surface area contributed by atoms with Gasteiger partial charge in [0.2, 0.25) is 0 Å². The quantitative estimate of drug-likeness (QED) is 0.198. The van der Waals surface area contributed by atoms with Crippen molar-refractivity contribution in [2.45, 2.75) is 38.9 Å². The Hall–Kier alpha value is -2.90. The van der Waals surface area contributed by atoms with E-state index in [9.17, 15) is 20.2 Å². The number of nitrogens with zero attached hydrogens (tertiary/aromatic N) is 5. The van der Waals surface area contributed by atoms with Crippen molar-refractivity contribution in [2.75, 3.05) is 46.5 Å². The predicted molar refractivity (Wildman–Crippen MR) is 173 cm³/mol. The number of hydrogen-bond acceptors (Lipinski definition) is 8. The molecule has 224 valence electrons. The van der Waals surface area contributed by atoms with Gasteiger partial charge >= 0.3 is 0 Å². The van der Waals surface area contributed by atoms with Gasteiger partial charge in [0.15, 0.2) is 0 Å². The molecule has 0 bridgehead atoms. The monoisotopic (exact) mass is 702 g/mol. The summed E-state index contributed by atoms with van der Waals surface area (Å²) < 4.78 is 1.99. The highest BCUT2D eigenvalue weighted by Crippen LogP contribution is 2.31. The van der Waals surface area contributed by atoms with E-state index in [2.05, 4.69) is 73.8 Å². The summed E-state index contributed by atoms with van der Waals surface area (Å²) in [5.41, 5.74) is 14.4. The van der Waals surface area contributed by atoms with Crippen LogP contribution in [0.4, 0.5) is 17.1 Å². The van der Waals surface area contributed by atoms with Crippen LogP contribution in [0.2, 0.25) is 0 Å². The van der Waals surface area contributed by atoms with Crippen molar-refractivity contribution >= 4 is 48.9 Å². The molecule has 0 aliphatic carbocycles. The molecule has 6 rings (SSSR count). The first-order valence-electron chi connectivity index (χ1n) is 13.8. The minimum Gasteiger partial charge on any atom is -0.399 e. The van der Waals surface area contributed by atoms with Crippen molar-refractivity contribution in [3.05, 3.63) is 105 Å². The first-order valence-corrected chi connectivity index (χ1v) is 15.3. The summed E-state index contributed by atoms with van der Waals surface area (Å²) in [5, 5.41) is 21.2. The van der Waals surface area contributed by atoms with Gasteiger partial charge in [0, 0.05) is 78.2 Å². The van der Waals surface area contributed by atoms with E-state index in [4.69, 9.17) is 5.73 Å². The van der Waals surface area contributed by atoms with Gasteiger partial charge in [-0.25, -0.2) is 0 Å². The van der Waals surface area contributed by atoms with Gasteiger partial charge in [-0.1, -0.05) is 37.9 Å². The van der Waals surface area contributed by atoms with Crippen molar-refractivity contribution in [1.82, 2.24) is 14.7 Å². The Morgan fingerprint density at radius 2 is 1.12 bits per heavy atom. The summed E-state index contributed by atoms with van der Waals surface area (Å²) in [6, 6.07) is 12.5. The summed E-state index contributed by atoms with van der Waals surface area (Å²) in [7, 11) is 6.26. The van der Waals surface area contributed by atoms with E-state index in [1.165, 1.54) is 22.3 Å². The molecule has 0 radical (unpaired) electrons. The third kappa shape index (κ3) is 8.13. The van der Waals surface area contributed by atoms with Gasteiger partial charge in [0.1, 0.15) is 0 Å². The van der Waals surface area contributed by atoms with Crippen LogP contribution in [0.15, 0.2) is 51.4 Å². The zero-order valence-electron chi connectivity index (χ0n) is 24.1.